The van der Waals surface area contributed by atoms with Crippen LogP contribution in [0.15, 0.2) is 6.20 Å². The van der Waals surface area contributed by atoms with Crippen LogP contribution in [0.5, 0.6) is 0 Å². The molecule has 0 bridgehead atoms. The predicted molar refractivity (Wildman–Crippen MR) is 43.1 cm³/mol. The summed E-state index contributed by atoms with van der Waals surface area (Å²) in [5.41, 5.74) is 4.04. The van der Waals surface area contributed by atoms with Crippen LogP contribution in [0.25, 0.3) is 0 Å². The summed E-state index contributed by atoms with van der Waals surface area (Å²) >= 11 is 5.34. The van der Waals surface area contributed by atoms with E-state index in [-0.39, 0.29) is 11.6 Å². The number of nitrogens with two attached hydrogens (primary N) is 1. The highest BCUT2D eigenvalue weighted by atomic mass is 35.5. The molecule has 0 unspecified atom stereocenters. The van der Waals surface area contributed by atoms with Crippen molar-refractivity contribution in [2.45, 2.75) is 12.3 Å². The maximum absolute atomic E-state index is 13.0. The van der Waals surface area contributed by atoms with E-state index >= 15 is 0 Å². The van der Waals surface area contributed by atoms with Crippen LogP contribution in [0.3, 0.4) is 0 Å². The molecule has 2 nitrogen and oxygen atoms in total. The van der Waals surface area contributed by atoms with Crippen molar-refractivity contribution < 1.29 is 13.2 Å². The molecule has 1 aromatic heterocycles. The molecule has 0 saturated carbocycles. The van der Waals surface area contributed by atoms with Gasteiger partial charge in [0.15, 0.2) is 5.82 Å². The number of nitrogen functional groups attached to an aromatic ring is 1. The van der Waals surface area contributed by atoms with Gasteiger partial charge in [0.05, 0.1) is 22.8 Å². The van der Waals surface area contributed by atoms with Crippen molar-refractivity contribution in [1.29, 1.82) is 0 Å². The van der Waals surface area contributed by atoms with Gasteiger partial charge in [0.25, 0.3) is 6.43 Å². The Morgan fingerprint density at radius 2 is 2.15 bits per heavy atom. The van der Waals surface area contributed by atoms with Gasteiger partial charge in [-0.25, -0.2) is 13.2 Å². The largest absolute Gasteiger partial charge is 0.395 e. The average molecular weight is 211 g/mol. The predicted octanol–water partition coefficient (Wildman–Crippen LogP) is 2.48. The van der Waals surface area contributed by atoms with E-state index in [0.717, 1.165) is 6.20 Å². The molecule has 0 aliphatic rings. The van der Waals surface area contributed by atoms with E-state index < -0.39 is 23.5 Å². The van der Waals surface area contributed by atoms with Gasteiger partial charge >= 0.3 is 0 Å². The standard InChI is InChI=1S/C7H6ClF3N2/c8-1-4-6(12)5(9)3(2-13-4)7(10)11/h2,7H,1,12H2. The molecule has 0 aromatic carbocycles. The Morgan fingerprint density at radius 3 is 2.62 bits per heavy atom. The monoisotopic (exact) mass is 210 g/mol. The fraction of sp³-hybridized carbons (Fsp3) is 0.286. The van der Waals surface area contributed by atoms with Crippen molar-refractivity contribution in [1.82, 2.24) is 4.98 Å². The summed E-state index contributed by atoms with van der Waals surface area (Å²) in [5.74, 6) is -1.24. The fourth-order valence-electron chi connectivity index (χ4n) is 0.814. The van der Waals surface area contributed by atoms with E-state index in [1.165, 1.54) is 0 Å². The van der Waals surface area contributed by atoms with Gasteiger partial charge < -0.3 is 5.73 Å². The van der Waals surface area contributed by atoms with Crippen LogP contribution in [0.1, 0.15) is 17.7 Å². The van der Waals surface area contributed by atoms with Crippen LogP contribution in [-0.4, -0.2) is 4.98 Å². The molecule has 0 fully saturated rings. The Kier molecular flexibility index (Phi) is 2.98. The van der Waals surface area contributed by atoms with Crippen molar-refractivity contribution >= 4 is 17.3 Å². The van der Waals surface area contributed by atoms with Crippen LogP contribution >= 0.6 is 11.6 Å². The molecule has 0 spiro atoms. The highest BCUT2D eigenvalue weighted by Crippen LogP contribution is 2.26. The smallest absolute Gasteiger partial charge is 0.268 e. The molecule has 1 rings (SSSR count). The van der Waals surface area contributed by atoms with E-state index in [4.69, 9.17) is 17.3 Å². The Labute approximate surface area is 77.5 Å². The summed E-state index contributed by atoms with van der Waals surface area (Å²) < 4.78 is 37.1. The summed E-state index contributed by atoms with van der Waals surface area (Å²) in [7, 11) is 0. The lowest BCUT2D eigenvalue weighted by molar-refractivity contribution is 0.146. The van der Waals surface area contributed by atoms with Crippen molar-refractivity contribution in [3.05, 3.63) is 23.3 Å². The molecular formula is C7H6ClF3N2. The number of nitrogens with zero attached hydrogens (tertiary/aromatic N) is 1. The van der Waals surface area contributed by atoms with E-state index in [1.807, 2.05) is 0 Å². The fourth-order valence-corrected chi connectivity index (χ4v) is 1.03. The van der Waals surface area contributed by atoms with E-state index in [1.54, 1.807) is 0 Å². The van der Waals surface area contributed by atoms with Gasteiger partial charge in [0.2, 0.25) is 0 Å². The van der Waals surface area contributed by atoms with Gasteiger partial charge in [0.1, 0.15) is 0 Å². The average Bonchev–Trinajstić information content (AvgIpc) is 2.09. The number of anilines is 1. The van der Waals surface area contributed by atoms with Crippen LogP contribution in [0, 0.1) is 5.82 Å². The first kappa shape index (κ1) is 10.1. The Morgan fingerprint density at radius 1 is 1.54 bits per heavy atom. The topological polar surface area (TPSA) is 38.9 Å². The Bertz CT molecular complexity index is 317. The summed E-state index contributed by atoms with van der Waals surface area (Å²) in [4.78, 5) is 3.50. The minimum Gasteiger partial charge on any atom is -0.395 e. The zero-order chi connectivity index (χ0) is 10.0. The van der Waals surface area contributed by atoms with Gasteiger partial charge in [-0.3, -0.25) is 4.98 Å². The molecule has 72 valence electrons. The van der Waals surface area contributed by atoms with Crippen LogP contribution < -0.4 is 5.73 Å². The molecule has 0 aliphatic carbocycles. The number of alkyl halides is 3. The molecule has 6 heteroatoms. The number of pyridine rings is 1. The lowest BCUT2D eigenvalue weighted by atomic mass is 10.2. The molecule has 0 aliphatic heterocycles. The van der Waals surface area contributed by atoms with Gasteiger partial charge in [-0.05, 0) is 0 Å². The number of hydrogen-bond donors (Lipinski definition) is 1. The molecule has 0 atom stereocenters. The first-order valence-corrected chi connectivity index (χ1v) is 3.88. The highest BCUT2D eigenvalue weighted by Gasteiger charge is 2.18. The van der Waals surface area contributed by atoms with Gasteiger partial charge in [-0.15, -0.1) is 11.6 Å². The first-order valence-electron chi connectivity index (χ1n) is 3.34. The minimum absolute atomic E-state index is 0.0727. The number of halogens is 4. The van der Waals surface area contributed by atoms with E-state index in [2.05, 4.69) is 4.98 Å². The molecule has 0 amide bonds. The summed E-state index contributed by atoms with van der Waals surface area (Å²) in [5, 5.41) is 0. The van der Waals surface area contributed by atoms with Crippen molar-refractivity contribution in [2.24, 2.45) is 0 Å². The van der Waals surface area contributed by atoms with Crippen molar-refractivity contribution in [3.63, 3.8) is 0 Å². The lowest BCUT2D eigenvalue weighted by Crippen LogP contribution is -2.03. The zero-order valence-corrected chi connectivity index (χ0v) is 7.15. The normalized spacial score (nSPS) is 10.8. The number of rotatable bonds is 2. The van der Waals surface area contributed by atoms with Crippen molar-refractivity contribution in [3.8, 4) is 0 Å². The maximum Gasteiger partial charge on any atom is 0.268 e. The molecular weight excluding hydrogens is 205 g/mol. The molecule has 2 N–H and O–H groups in total. The second-order valence-corrected chi connectivity index (χ2v) is 2.59. The number of hydrogen-bond acceptors (Lipinski definition) is 2. The molecule has 0 radical (unpaired) electrons. The van der Waals surface area contributed by atoms with E-state index in [0.29, 0.717) is 0 Å². The van der Waals surface area contributed by atoms with Gasteiger partial charge in [-0.2, -0.15) is 0 Å². The highest BCUT2D eigenvalue weighted by molar-refractivity contribution is 6.17. The van der Waals surface area contributed by atoms with E-state index in [9.17, 15) is 13.2 Å². The van der Waals surface area contributed by atoms with Crippen LogP contribution in [0.4, 0.5) is 18.9 Å². The Hall–Kier alpha value is -0.970. The zero-order valence-electron chi connectivity index (χ0n) is 6.40. The molecule has 13 heavy (non-hydrogen) atoms. The third-order valence-corrected chi connectivity index (χ3v) is 1.78. The molecule has 1 heterocycles. The minimum atomic E-state index is -2.92. The van der Waals surface area contributed by atoms with Gasteiger partial charge in [-0.1, -0.05) is 0 Å². The SMILES string of the molecule is Nc1c(CCl)ncc(C(F)F)c1F. The Balaban J connectivity index is 3.23. The summed E-state index contributed by atoms with van der Waals surface area (Å²) in [6.45, 7) is 0. The summed E-state index contributed by atoms with van der Waals surface area (Å²) in [6.07, 6.45) is -2.17. The molecule has 0 saturated heterocycles. The summed E-state index contributed by atoms with van der Waals surface area (Å²) in [6, 6.07) is 0. The van der Waals surface area contributed by atoms with Crippen LogP contribution in [-0.2, 0) is 5.88 Å². The second-order valence-electron chi connectivity index (χ2n) is 2.32. The maximum atomic E-state index is 13.0. The number of aromatic nitrogens is 1. The third-order valence-electron chi connectivity index (χ3n) is 1.52. The van der Waals surface area contributed by atoms with Crippen LogP contribution in [0.2, 0.25) is 0 Å². The quantitative estimate of drug-likeness (QED) is 0.762. The second kappa shape index (κ2) is 3.83. The molecule has 1 aromatic rings. The third kappa shape index (κ3) is 1.85. The first-order chi connectivity index (χ1) is 6.07. The van der Waals surface area contributed by atoms with Crippen molar-refractivity contribution in [2.75, 3.05) is 5.73 Å². The lowest BCUT2D eigenvalue weighted by Gasteiger charge is -2.06. The van der Waals surface area contributed by atoms with Gasteiger partial charge in [0, 0.05) is 6.20 Å².